The Morgan fingerprint density at radius 2 is 2.06 bits per heavy atom. The van der Waals surface area contributed by atoms with Gasteiger partial charge in [-0.1, -0.05) is 19.1 Å². The lowest BCUT2D eigenvalue weighted by atomic mass is 10.1. The topological polar surface area (TPSA) is 58.2 Å². The quantitative estimate of drug-likeness (QED) is 0.759. The highest BCUT2D eigenvalue weighted by Gasteiger charge is 2.12. The molecule has 0 saturated carbocycles. The fraction of sp³-hybridized carbons (Fsp3) is 0.429. The number of amides is 1. The molecule has 4 heteroatoms. The van der Waals surface area contributed by atoms with Gasteiger partial charge in [0.25, 0.3) is 0 Å². The Kier molecular flexibility index (Phi) is 5.52. The Hall–Kier alpha value is -1.68. The maximum atomic E-state index is 11.8. The summed E-state index contributed by atoms with van der Waals surface area (Å²) < 4.78 is 0. The summed E-state index contributed by atoms with van der Waals surface area (Å²) in [7, 11) is 0. The minimum absolute atomic E-state index is 0.0109. The second-order valence-electron chi connectivity index (χ2n) is 4.30. The second kappa shape index (κ2) is 6.91. The molecule has 0 aliphatic heterocycles. The Balaban J connectivity index is 2.64. The fourth-order valence-corrected chi connectivity index (χ4v) is 1.52. The van der Waals surface area contributed by atoms with Crippen LogP contribution in [-0.2, 0) is 4.79 Å². The normalized spacial score (nSPS) is 11.9. The number of rotatable bonds is 6. The summed E-state index contributed by atoms with van der Waals surface area (Å²) in [5, 5.41) is 5.90. The average molecular weight is 248 g/mol. The van der Waals surface area contributed by atoms with E-state index < -0.39 is 0 Å². The summed E-state index contributed by atoms with van der Waals surface area (Å²) in [6, 6.07) is 6.71. The average Bonchev–Trinajstić information content (AvgIpc) is 2.36. The summed E-state index contributed by atoms with van der Waals surface area (Å²) >= 11 is 0. The first kappa shape index (κ1) is 14.4. The zero-order chi connectivity index (χ0) is 13.5. The highest BCUT2D eigenvalue weighted by atomic mass is 16.2. The molecule has 1 unspecified atom stereocenters. The maximum Gasteiger partial charge on any atom is 0.241 e. The molecule has 0 aliphatic rings. The van der Waals surface area contributed by atoms with Gasteiger partial charge >= 0.3 is 0 Å². The van der Waals surface area contributed by atoms with Crippen LogP contribution in [0, 0.1) is 0 Å². The highest BCUT2D eigenvalue weighted by Crippen LogP contribution is 2.11. The van der Waals surface area contributed by atoms with Crippen molar-refractivity contribution in [1.82, 2.24) is 5.32 Å². The SMILES string of the molecule is CCCNC(C)C(=O)Nc1cccc(C(C)=O)c1. The first-order valence-corrected chi connectivity index (χ1v) is 6.19. The van der Waals surface area contributed by atoms with E-state index in [1.807, 2.05) is 13.8 Å². The van der Waals surface area contributed by atoms with Crippen molar-refractivity contribution in [3.63, 3.8) is 0 Å². The van der Waals surface area contributed by atoms with Crippen LogP contribution in [0.5, 0.6) is 0 Å². The Morgan fingerprint density at radius 3 is 2.67 bits per heavy atom. The van der Waals surface area contributed by atoms with Gasteiger partial charge in [0.05, 0.1) is 6.04 Å². The van der Waals surface area contributed by atoms with Crippen LogP contribution in [0.25, 0.3) is 0 Å². The molecular formula is C14H20N2O2. The summed E-state index contributed by atoms with van der Waals surface area (Å²) in [5.74, 6) is -0.104. The van der Waals surface area contributed by atoms with Crippen LogP contribution >= 0.6 is 0 Å². The van der Waals surface area contributed by atoms with Crippen molar-refractivity contribution >= 4 is 17.4 Å². The maximum absolute atomic E-state index is 11.8. The predicted octanol–water partition coefficient (Wildman–Crippen LogP) is 2.22. The highest BCUT2D eigenvalue weighted by molar-refractivity contribution is 5.98. The molecule has 0 fully saturated rings. The zero-order valence-corrected chi connectivity index (χ0v) is 11.1. The van der Waals surface area contributed by atoms with Crippen LogP contribution in [0.4, 0.5) is 5.69 Å². The Labute approximate surface area is 108 Å². The number of Topliss-reactive ketones (excluding diaryl/α,β-unsaturated/α-hetero) is 1. The van der Waals surface area contributed by atoms with Crippen molar-refractivity contribution in [2.24, 2.45) is 0 Å². The first-order valence-electron chi connectivity index (χ1n) is 6.19. The van der Waals surface area contributed by atoms with Gasteiger partial charge in [-0.05, 0) is 38.9 Å². The van der Waals surface area contributed by atoms with E-state index in [0.29, 0.717) is 11.3 Å². The van der Waals surface area contributed by atoms with E-state index in [9.17, 15) is 9.59 Å². The standard InChI is InChI=1S/C14H20N2O2/c1-4-8-15-10(2)14(18)16-13-7-5-6-12(9-13)11(3)17/h5-7,9-10,15H,4,8H2,1-3H3,(H,16,18). The minimum atomic E-state index is -0.245. The van der Waals surface area contributed by atoms with Gasteiger partial charge in [-0.3, -0.25) is 9.59 Å². The van der Waals surface area contributed by atoms with Crippen molar-refractivity contribution in [2.45, 2.75) is 33.2 Å². The summed E-state index contributed by atoms with van der Waals surface area (Å²) in [6.07, 6.45) is 0.984. The van der Waals surface area contributed by atoms with Crippen molar-refractivity contribution in [3.8, 4) is 0 Å². The van der Waals surface area contributed by atoms with Gasteiger partial charge in [-0.15, -0.1) is 0 Å². The monoisotopic (exact) mass is 248 g/mol. The number of hydrogen-bond donors (Lipinski definition) is 2. The third-order valence-corrected chi connectivity index (χ3v) is 2.63. The van der Waals surface area contributed by atoms with Crippen molar-refractivity contribution in [2.75, 3.05) is 11.9 Å². The van der Waals surface area contributed by atoms with Crippen molar-refractivity contribution in [1.29, 1.82) is 0 Å². The van der Waals surface area contributed by atoms with Crippen molar-refractivity contribution in [3.05, 3.63) is 29.8 Å². The number of hydrogen-bond acceptors (Lipinski definition) is 3. The minimum Gasteiger partial charge on any atom is -0.325 e. The molecule has 1 aromatic carbocycles. The van der Waals surface area contributed by atoms with Crippen LogP contribution in [0.1, 0.15) is 37.6 Å². The smallest absolute Gasteiger partial charge is 0.241 e. The third kappa shape index (κ3) is 4.30. The summed E-state index contributed by atoms with van der Waals surface area (Å²) in [5.41, 5.74) is 1.25. The molecular weight excluding hydrogens is 228 g/mol. The van der Waals surface area contributed by atoms with Crippen LogP contribution in [-0.4, -0.2) is 24.3 Å². The second-order valence-corrected chi connectivity index (χ2v) is 4.30. The molecule has 0 radical (unpaired) electrons. The number of ketones is 1. The van der Waals surface area contributed by atoms with E-state index in [2.05, 4.69) is 10.6 Å². The predicted molar refractivity (Wildman–Crippen MR) is 72.8 cm³/mol. The molecule has 2 N–H and O–H groups in total. The molecule has 0 bridgehead atoms. The van der Waals surface area contributed by atoms with Crippen molar-refractivity contribution < 1.29 is 9.59 Å². The molecule has 0 heterocycles. The van der Waals surface area contributed by atoms with Gasteiger partial charge in [0.15, 0.2) is 5.78 Å². The molecule has 1 amide bonds. The van der Waals surface area contributed by atoms with Crippen LogP contribution in [0.2, 0.25) is 0 Å². The van der Waals surface area contributed by atoms with E-state index in [1.54, 1.807) is 24.3 Å². The number of nitrogens with one attached hydrogen (secondary N) is 2. The lowest BCUT2D eigenvalue weighted by molar-refractivity contribution is -0.117. The molecule has 0 spiro atoms. The van der Waals surface area contributed by atoms with Gasteiger partial charge in [-0.2, -0.15) is 0 Å². The lowest BCUT2D eigenvalue weighted by Crippen LogP contribution is -2.38. The Morgan fingerprint density at radius 1 is 1.33 bits per heavy atom. The lowest BCUT2D eigenvalue weighted by Gasteiger charge is -2.13. The van der Waals surface area contributed by atoms with E-state index in [1.165, 1.54) is 6.92 Å². The van der Waals surface area contributed by atoms with Gasteiger partial charge in [0.2, 0.25) is 5.91 Å². The molecule has 18 heavy (non-hydrogen) atoms. The van der Waals surface area contributed by atoms with E-state index >= 15 is 0 Å². The van der Waals surface area contributed by atoms with E-state index in [-0.39, 0.29) is 17.7 Å². The van der Waals surface area contributed by atoms with Crippen LogP contribution in [0.3, 0.4) is 0 Å². The van der Waals surface area contributed by atoms with E-state index in [0.717, 1.165) is 13.0 Å². The number of benzene rings is 1. The number of anilines is 1. The zero-order valence-electron chi connectivity index (χ0n) is 11.1. The summed E-state index contributed by atoms with van der Waals surface area (Å²) in [4.78, 5) is 23.1. The number of carbonyl (C=O) groups is 2. The molecule has 4 nitrogen and oxygen atoms in total. The molecule has 1 atom stereocenters. The first-order chi connectivity index (χ1) is 8.54. The Bertz CT molecular complexity index is 430. The van der Waals surface area contributed by atoms with E-state index in [4.69, 9.17) is 0 Å². The largest absolute Gasteiger partial charge is 0.325 e. The molecule has 0 aromatic heterocycles. The molecule has 0 saturated heterocycles. The fourth-order valence-electron chi connectivity index (χ4n) is 1.52. The van der Waals surface area contributed by atoms with Crippen LogP contribution < -0.4 is 10.6 Å². The molecule has 98 valence electrons. The summed E-state index contributed by atoms with van der Waals surface area (Å²) in [6.45, 7) is 6.18. The van der Waals surface area contributed by atoms with Gasteiger partial charge < -0.3 is 10.6 Å². The number of carbonyl (C=O) groups excluding carboxylic acids is 2. The molecule has 1 aromatic rings. The van der Waals surface area contributed by atoms with Gasteiger partial charge in [0.1, 0.15) is 0 Å². The van der Waals surface area contributed by atoms with Crippen LogP contribution in [0.15, 0.2) is 24.3 Å². The molecule has 0 aliphatic carbocycles. The van der Waals surface area contributed by atoms with Gasteiger partial charge in [0, 0.05) is 11.3 Å². The third-order valence-electron chi connectivity index (χ3n) is 2.63. The van der Waals surface area contributed by atoms with Gasteiger partial charge in [-0.25, -0.2) is 0 Å². The molecule has 1 rings (SSSR count).